The topological polar surface area (TPSA) is 63.1 Å². The SMILES string of the molecule is Cc1nc2cc(-c3ccc4c(c3)CN(C(=O)c3cc(C)n(Cc5cccs5)c3C)CCO4)ccc2[nH]1. The zero-order chi connectivity index (χ0) is 24.8. The number of aryl methyl sites for hydroxylation is 2. The van der Waals surface area contributed by atoms with E-state index in [1.165, 1.54) is 4.88 Å². The van der Waals surface area contributed by atoms with Crippen LogP contribution in [0.1, 0.15) is 38.0 Å². The number of ether oxygens (including phenoxy) is 1. The van der Waals surface area contributed by atoms with Gasteiger partial charge in [0.25, 0.3) is 5.91 Å². The molecule has 3 aromatic heterocycles. The summed E-state index contributed by atoms with van der Waals surface area (Å²) in [5.74, 6) is 1.80. The summed E-state index contributed by atoms with van der Waals surface area (Å²) < 4.78 is 8.27. The second kappa shape index (κ2) is 8.99. The zero-order valence-electron chi connectivity index (χ0n) is 20.7. The van der Waals surface area contributed by atoms with Crippen molar-refractivity contribution in [3.8, 4) is 16.9 Å². The molecule has 0 saturated heterocycles. The minimum atomic E-state index is 0.0517. The van der Waals surface area contributed by atoms with Crippen LogP contribution in [-0.4, -0.2) is 38.5 Å². The number of aromatic nitrogens is 3. The molecule has 0 saturated carbocycles. The summed E-state index contributed by atoms with van der Waals surface area (Å²) in [5, 5.41) is 2.09. The predicted molar refractivity (Wildman–Crippen MR) is 144 cm³/mol. The maximum Gasteiger partial charge on any atom is 0.256 e. The number of benzene rings is 2. The quantitative estimate of drug-likeness (QED) is 0.327. The third-order valence-corrected chi connectivity index (χ3v) is 7.82. The molecule has 36 heavy (non-hydrogen) atoms. The normalized spacial score (nSPS) is 13.5. The first-order valence-corrected chi connectivity index (χ1v) is 13.0. The highest BCUT2D eigenvalue weighted by atomic mass is 32.1. The molecule has 0 fully saturated rings. The number of nitrogens with one attached hydrogen (secondary N) is 1. The first-order valence-electron chi connectivity index (χ1n) is 12.2. The van der Waals surface area contributed by atoms with Crippen LogP contribution < -0.4 is 4.74 Å². The minimum absolute atomic E-state index is 0.0517. The highest BCUT2D eigenvalue weighted by molar-refractivity contribution is 7.09. The van der Waals surface area contributed by atoms with Gasteiger partial charge in [0.1, 0.15) is 18.2 Å². The lowest BCUT2D eigenvalue weighted by atomic mass is 10.0. The zero-order valence-corrected chi connectivity index (χ0v) is 21.5. The minimum Gasteiger partial charge on any atom is -0.491 e. The molecule has 1 aliphatic rings. The van der Waals surface area contributed by atoms with E-state index in [4.69, 9.17) is 4.74 Å². The lowest BCUT2D eigenvalue weighted by molar-refractivity contribution is 0.0732. The first-order chi connectivity index (χ1) is 17.5. The van der Waals surface area contributed by atoms with E-state index in [9.17, 15) is 4.79 Å². The number of amides is 1. The number of carbonyl (C=O) groups excluding carboxylic acids is 1. The van der Waals surface area contributed by atoms with Crippen molar-refractivity contribution in [2.45, 2.75) is 33.9 Å². The van der Waals surface area contributed by atoms with Crippen LogP contribution in [0, 0.1) is 20.8 Å². The van der Waals surface area contributed by atoms with Crippen molar-refractivity contribution in [2.24, 2.45) is 0 Å². The molecule has 0 radical (unpaired) electrons. The molecule has 0 unspecified atom stereocenters. The van der Waals surface area contributed by atoms with Gasteiger partial charge in [0.2, 0.25) is 0 Å². The number of fused-ring (bicyclic) bond motifs is 2. The molecular weight excluding hydrogens is 468 g/mol. The maximum absolute atomic E-state index is 13.7. The van der Waals surface area contributed by atoms with Gasteiger partial charge in [0.15, 0.2) is 0 Å². The summed E-state index contributed by atoms with van der Waals surface area (Å²) in [6.45, 7) is 8.41. The molecule has 2 aromatic carbocycles. The number of nitrogens with zero attached hydrogens (tertiary/aromatic N) is 3. The number of rotatable bonds is 4. The number of hydrogen-bond acceptors (Lipinski definition) is 4. The summed E-state index contributed by atoms with van der Waals surface area (Å²) in [5.41, 5.74) is 8.05. The molecule has 1 N–H and O–H groups in total. The Balaban J connectivity index is 1.28. The van der Waals surface area contributed by atoms with E-state index in [1.807, 2.05) is 30.9 Å². The van der Waals surface area contributed by atoms with Crippen LogP contribution in [0.4, 0.5) is 0 Å². The van der Waals surface area contributed by atoms with E-state index in [0.29, 0.717) is 19.7 Å². The van der Waals surface area contributed by atoms with E-state index in [1.54, 1.807) is 11.3 Å². The number of imidazole rings is 1. The van der Waals surface area contributed by atoms with Crippen molar-refractivity contribution in [3.63, 3.8) is 0 Å². The Labute approximate surface area is 214 Å². The number of carbonyl (C=O) groups is 1. The van der Waals surface area contributed by atoms with E-state index in [-0.39, 0.29) is 5.91 Å². The summed E-state index contributed by atoms with van der Waals surface area (Å²) in [7, 11) is 0. The highest BCUT2D eigenvalue weighted by Gasteiger charge is 2.25. The summed E-state index contributed by atoms with van der Waals surface area (Å²) in [6.07, 6.45) is 0. The standard InChI is InChI=1S/C29H28N4O2S/c1-18-13-25(19(2)33(18)17-24-5-4-12-36-24)29(34)32-10-11-35-28-9-7-21(14-23(28)16-32)22-6-8-26-27(15-22)31-20(3)30-26/h4-9,12-15H,10-11,16-17H2,1-3H3,(H,30,31). The molecular formula is C29H28N4O2S. The van der Waals surface area contributed by atoms with Crippen LogP contribution >= 0.6 is 11.3 Å². The second-order valence-corrected chi connectivity index (χ2v) is 10.4. The number of thiophene rings is 1. The molecule has 7 heteroatoms. The van der Waals surface area contributed by atoms with E-state index >= 15 is 0 Å². The highest BCUT2D eigenvalue weighted by Crippen LogP contribution is 2.31. The van der Waals surface area contributed by atoms with Gasteiger partial charge in [-0.25, -0.2) is 4.98 Å². The van der Waals surface area contributed by atoms with Gasteiger partial charge in [0, 0.05) is 28.4 Å². The monoisotopic (exact) mass is 496 g/mol. The summed E-state index contributed by atoms with van der Waals surface area (Å²) >= 11 is 1.74. The largest absolute Gasteiger partial charge is 0.491 e. The van der Waals surface area contributed by atoms with Crippen molar-refractivity contribution in [1.82, 2.24) is 19.4 Å². The van der Waals surface area contributed by atoms with Crippen LogP contribution in [0.15, 0.2) is 60.0 Å². The Morgan fingerprint density at radius 1 is 1.08 bits per heavy atom. The van der Waals surface area contributed by atoms with Crippen LogP contribution in [0.3, 0.4) is 0 Å². The van der Waals surface area contributed by atoms with Gasteiger partial charge in [-0.3, -0.25) is 4.79 Å². The van der Waals surface area contributed by atoms with Crippen molar-refractivity contribution in [2.75, 3.05) is 13.2 Å². The van der Waals surface area contributed by atoms with E-state index in [2.05, 4.69) is 69.3 Å². The summed E-state index contributed by atoms with van der Waals surface area (Å²) in [4.78, 5) is 24.7. The van der Waals surface area contributed by atoms with Gasteiger partial charge in [0.05, 0.1) is 29.7 Å². The molecule has 1 amide bonds. The van der Waals surface area contributed by atoms with Crippen molar-refractivity contribution >= 4 is 28.3 Å². The number of aromatic amines is 1. The van der Waals surface area contributed by atoms with Gasteiger partial charge < -0.3 is 19.2 Å². The Kier molecular flexibility index (Phi) is 5.64. The molecule has 6 nitrogen and oxygen atoms in total. The Morgan fingerprint density at radius 2 is 1.92 bits per heavy atom. The van der Waals surface area contributed by atoms with E-state index < -0.39 is 0 Å². The fourth-order valence-corrected chi connectivity index (χ4v) is 5.74. The second-order valence-electron chi connectivity index (χ2n) is 9.40. The lowest BCUT2D eigenvalue weighted by Crippen LogP contribution is -2.32. The van der Waals surface area contributed by atoms with Gasteiger partial charge in [-0.15, -0.1) is 11.3 Å². The fourth-order valence-electron chi connectivity index (χ4n) is 5.05. The predicted octanol–water partition coefficient (Wildman–Crippen LogP) is 6.10. The molecule has 5 aromatic rings. The molecule has 6 rings (SSSR count). The van der Waals surface area contributed by atoms with Crippen LogP contribution in [-0.2, 0) is 13.1 Å². The first kappa shape index (κ1) is 22.6. The Morgan fingerprint density at radius 3 is 2.75 bits per heavy atom. The molecule has 0 atom stereocenters. The molecule has 0 bridgehead atoms. The average Bonchev–Trinajstić information content (AvgIpc) is 3.54. The summed E-state index contributed by atoms with van der Waals surface area (Å²) in [6, 6.07) is 18.7. The van der Waals surface area contributed by atoms with Gasteiger partial charge in [-0.2, -0.15) is 0 Å². The molecule has 0 spiro atoms. The lowest BCUT2D eigenvalue weighted by Gasteiger charge is -2.20. The Hall–Kier alpha value is -3.84. The molecule has 4 heterocycles. The fraction of sp³-hybridized carbons (Fsp3) is 0.241. The third-order valence-electron chi connectivity index (χ3n) is 6.96. The van der Waals surface area contributed by atoms with Crippen LogP contribution in [0.2, 0.25) is 0 Å². The van der Waals surface area contributed by atoms with Gasteiger partial charge in [-0.1, -0.05) is 18.2 Å². The third kappa shape index (κ3) is 4.09. The van der Waals surface area contributed by atoms with Crippen LogP contribution in [0.5, 0.6) is 5.75 Å². The van der Waals surface area contributed by atoms with E-state index in [0.717, 1.165) is 62.8 Å². The van der Waals surface area contributed by atoms with Gasteiger partial charge in [-0.05, 0) is 73.7 Å². The molecule has 1 aliphatic heterocycles. The number of hydrogen-bond donors (Lipinski definition) is 1. The molecule has 0 aliphatic carbocycles. The molecule has 182 valence electrons. The average molecular weight is 497 g/mol. The van der Waals surface area contributed by atoms with Crippen molar-refractivity contribution < 1.29 is 9.53 Å². The van der Waals surface area contributed by atoms with Crippen LogP contribution in [0.25, 0.3) is 22.2 Å². The smallest absolute Gasteiger partial charge is 0.256 e. The maximum atomic E-state index is 13.7. The Bertz CT molecular complexity index is 1580. The van der Waals surface area contributed by atoms with Gasteiger partial charge >= 0.3 is 0 Å². The number of H-pyrrole nitrogens is 1. The van der Waals surface area contributed by atoms with Crippen molar-refractivity contribution in [1.29, 1.82) is 0 Å². The van der Waals surface area contributed by atoms with Crippen molar-refractivity contribution in [3.05, 3.63) is 93.2 Å².